The molecule has 2 saturated carbocycles. The molecule has 2 fully saturated rings. The first-order chi connectivity index (χ1) is 13.9. The Balaban J connectivity index is 1.68. The van der Waals surface area contributed by atoms with Crippen molar-refractivity contribution in [1.29, 1.82) is 0 Å². The minimum absolute atomic E-state index is 0.302. The Kier molecular flexibility index (Phi) is 4.53. The van der Waals surface area contributed by atoms with E-state index in [0.29, 0.717) is 11.4 Å². The second kappa shape index (κ2) is 6.97. The Hall–Kier alpha value is -2.15. The molecular formula is C22H27N3O3S. The normalized spacial score (nSPS) is 18.6. The zero-order chi connectivity index (χ0) is 20.2. The fraction of sp³-hybridized carbons (Fsp3) is 0.545. The summed E-state index contributed by atoms with van der Waals surface area (Å²) < 4.78 is 34.0. The van der Waals surface area contributed by atoms with E-state index >= 15 is 0 Å². The van der Waals surface area contributed by atoms with E-state index in [1.807, 2.05) is 32.3 Å². The number of pyridine rings is 1. The number of hydrogen-bond acceptors (Lipinski definition) is 5. The maximum absolute atomic E-state index is 13.6. The number of fused-ring (bicyclic) bond motifs is 1. The summed E-state index contributed by atoms with van der Waals surface area (Å²) in [6.45, 7) is 3.77. The van der Waals surface area contributed by atoms with Crippen molar-refractivity contribution in [2.45, 2.75) is 70.5 Å². The molecule has 6 nitrogen and oxygen atoms in total. The topological polar surface area (TPSA) is 78.0 Å². The van der Waals surface area contributed by atoms with Crippen LogP contribution in [-0.2, 0) is 16.4 Å². The van der Waals surface area contributed by atoms with Crippen molar-refractivity contribution in [3.05, 3.63) is 35.5 Å². The Morgan fingerprint density at radius 3 is 2.55 bits per heavy atom. The highest BCUT2D eigenvalue weighted by atomic mass is 32.2. The molecule has 0 radical (unpaired) electrons. The first kappa shape index (κ1) is 18.9. The van der Waals surface area contributed by atoms with Crippen LogP contribution in [0.25, 0.3) is 22.2 Å². The highest BCUT2D eigenvalue weighted by Gasteiger charge is 2.32. The lowest BCUT2D eigenvalue weighted by Crippen LogP contribution is -2.29. The molecule has 3 aromatic rings. The van der Waals surface area contributed by atoms with Crippen molar-refractivity contribution in [2.24, 2.45) is 5.92 Å². The van der Waals surface area contributed by atoms with Gasteiger partial charge in [-0.15, -0.1) is 0 Å². The van der Waals surface area contributed by atoms with Crippen molar-refractivity contribution in [1.82, 2.24) is 14.1 Å². The molecule has 0 saturated heterocycles. The number of nitrogens with zero attached hydrogens (tertiary/aromatic N) is 3. The van der Waals surface area contributed by atoms with E-state index in [4.69, 9.17) is 9.51 Å². The number of rotatable bonds is 5. The number of hydrogen-bond donors (Lipinski definition) is 0. The van der Waals surface area contributed by atoms with E-state index < -0.39 is 10.0 Å². The Bertz CT molecular complexity index is 1150. The molecule has 3 aromatic heterocycles. The third kappa shape index (κ3) is 3.29. The zero-order valence-electron chi connectivity index (χ0n) is 17.0. The van der Waals surface area contributed by atoms with E-state index in [2.05, 4.69) is 5.16 Å². The summed E-state index contributed by atoms with van der Waals surface area (Å²) in [6.07, 6.45) is 11.6. The van der Waals surface area contributed by atoms with Crippen LogP contribution in [0, 0.1) is 19.8 Å². The Morgan fingerprint density at radius 1 is 1.14 bits per heavy atom. The molecule has 0 spiro atoms. The monoisotopic (exact) mass is 413 g/mol. The first-order valence-corrected chi connectivity index (χ1v) is 12.1. The van der Waals surface area contributed by atoms with Gasteiger partial charge in [0, 0.05) is 23.5 Å². The fourth-order valence-electron chi connectivity index (χ4n) is 4.69. The summed E-state index contributed by atoms with van der Waals surface area (Å²) in [5, 5.41) is 3.74. The third-order valence-electron chi connectivity index (χ3n) is 6.46. The van der Waals surface area contributed by atoms with Crippen LogP contribution >= 0.6 is 0 Å². The van der Waals surface area contributed by atoms with Crippen LogP contribution in [0.4, 0.5) is 0 Å². The molecule has 5 rings (SSSR count). The summed E-state index contributed by atoms with van der Waals surface area (Å²) >= 11 is 0. The van der Waals surface area contributed by atoms with Gasteiger partial charge >= 0.3 is 0 Å². The molecule has 3 heterocycles. The van der Waals surface area contributed by atoms with Crippen LogP contribution in [0.15, 0.2) is 23.0 Å². The molecule has 7 heteroatoms. The summed E-state index contributed by atoms with van der Waals surface area (Å²) in [4.78, 5) is 4.72. The second-order valence-corrected chi connectivity index (χ2v) is 10.8. The smallest absolute Gasteiger partial charge is 0.241 e. The van der Waals surface area contributed by atoms with Crippen molar-refractivity contribution in [2.75, 3.05) is 0 Å². The average molecular weight is 414 g/mol. The SMILES string of the molecule is Cc1noc(C)c1-c1cnc2c(CC3CC3)cn(S(=O)(=O)C3CCCCC3)c2c1. The summed E-state index contributed by atoms with van der Waals surface area (Å²) in [7, 11) is -3.45. The first-order valence-electron chi connectivity index (χ1n) is 10.6. The van der Waals surface area contributed by atoms with Crippen LogP contribution in [0.5, 0.6) is 0 Å². The fourth-order valence-corrected chi connectivity index (χ4v) is 6.63. The van der Waals surface area contributed by atoms with Crippen LogP contribution in [0.2, 0.25) is 0 Å². The predicted octanol–water partition coefficient (Wildman–Crippen LogP) is 4.77. The molecule has 0 amide bonds. The molecule has 2 aliphatic carbocycles. The van der Waals surface area contributed by atoms with Gasteiger partial charge in [-0.25, -0.2) is 12.4 Å². The van der Waals surface area contributed by atoms with Gasteiger partial charge in [0.2, 0.25) is 10.0 Å². The summed E-state index contributed by atoms with van der Waals surface area (Å²) in [6, 6.07) is 1.95. The van der Waals surface area contributed by atoms with E-state index in [0.717, 1.165) is 72.2 Å². The molecule has 0 atom stereocenters. The quantitative estimate of drug-likeness (QED) is 0.602. The van der Waals surface area contributed by atoms with E-state index in [-0.39, 0.29) is 5.25 Å². The molecule has 0 aliphatic heterocycles. The van der Waals surface area contributed by atoms with Gasteiger partial charge in [0.25, 0.3) is 0 Å². The van der Waals surface area contributed by atoms with Crippen molar-refractivity contribution in [3.8, 4) is 11.1 Å². The van der Waals surface area contributed by atoms with Crippen LogP contribution < -0.4 is 0 Å². The van der Waals surface area contributed by atoms with Crippen molar-refractivity contribution in [3.63, 3.8) is 0 Å². The highest BCUT2D eigenvalue weighted by molar-refractivity contribution is 7.90. The lowest BCUT2D eigenvalue weighted by Gasteiger charge is -2.22. The predicted molar refractivity (Wildman–Crippen MR) is 112 cm³/mol. The van der Waals surface area contributed by atoms with Crippen LogP contribution in [-0.4, -0.2) is 27.8 Å². The van der Waals surface area contributed by atoms with E-state index in [1.54, 1.807) is 0 Å². The van der Waals surface area contributed by atoms with Gasteiger partial charge < -0.3 is 4.52 Å². The van der Waals surface area contributed by atoms with Crippen molar-refractivity contribution >= 4 is 21.1 Å². The maximum atomic E-state index is 13.6. The standard InChI is InChI=1S/C22H27N3O3S/c1-14-21(15(2)28-24-14)17-11-20-22(23-12-17)18(10-16-8-9-16)13-25(20)29(26,27)19-6-4-3-5-7-19/h11-13,16,19H,3-10H2,1-2H3. The van der Waals surface area contributed by atoms with Crippen LogP contribution in [0.3, 0.4) is 0 Å². The summed E-state index contributed by atoms with van der Waals surface area (Å²) in [5.74, 6) is 1.38. The number of aromatic nitrogens is 3. The van der Waals surface area contributed by atoms with E-state index in [9.17, 15) is 8.42 Å². The highest BCUT2D eigenvalue weighted by Crippen LogP contribution is 2.37. The van der Waals surface area contributed by atoms with Crippen LogP contribution in [0.1, 0.15) is 62.0 Å². The Labute approximate surface area is 171 Å². The van der Waals surface area contributed by atoms with Gasteiger partial charge in [-0.3, -0.25) is 4.98 Å². The van der Waals surface area contributed by atoms with E-state index in [1.165, 1.54) is 16.8 Å². The average Bonchev–Trinajstić information content (AvgIpc) is 3.37. The molecule has 0 unspecified atom stereocenters. The molecule has 0 aromatic carbocycles. The lowest BCUT2D eigenvalue weighted by atomic mass is 10.0. The van der Waals surface area contributed by atoms with Gasteiger partial charge in [0.05, 0.1) is 22.0 Å². The third-order valence-corrected chi connectivity index (χ3v) is 8.62. The maximum Gasteiger partial charge on any atom is 0.241 e. The van der Waals surface area contributed by atoms with Gasteiger partial charge in [0.1, 0.15) is 5.76 Å². The Morgan fingerprint density at radius 2 is 1.90 bits per heavy atom. The zero-order valence-corrected chi connectivity index (χ0v) is 17.8. The molecule has 0 bridgehead atoms. The lowest BCUT2D eigenvalue weighted by molar-refractivity contribution is 0.393. The molecule has 2 aliphatic rings. The second-order valence-electron chi connectivity index (χ2n) is 8.69. The molecule has 29 heavy (non-hydrogen) atoms. The van der Waals surface area contributed by atoms with Gasteiger partial charge in [-0.1, -0.05) is 24.4 Å². The van der Waals surface area contributed by atoms with Crippen molar-refractivity contribution < 1.29 is 12.9 Å². The van der Waals surface area contributed by atoms with Gasteiger partial charge in [-0.2, -0.15) is 0 Å². The molecule has 0 N–H and O–H groups in total. The van der Waals surface area contributed by atoms with Gasteiger partial charge in [0.15, 0.2) is 0 Å². The molecule has 154 valence electrons. The molecular weight excluding hydrogens is 386 g/mol. The summed E-state index contributed by atoms with van der Waals surface area (Å²) in [5.41, 5.74) is 5.08. The minimum atomic E-state index is -3.45. The number of aryl methyl sites for hydroxylation is 2. The van der Waals surface area contributed by atoms with Gasteiger partial charge in [-0.05, 0) is 63.5 Å². The minimum Gasteiger partial charge on any atom is -0.361 e. The largest absolute Gasteiger partial charge is 0.361 e.